The second kappa shape index (κ2) is 4.97. The first kappa shape index (κ1) is 11.8. The normalized spacial score (nSPS) is 10.3. The molecule has 0 aliphatic rings. The Bertz CT molecular complexity index is 428. The summed E-state index contributed by atoms with van der Waals surface area (Å²) < 4.78 is 0. The molecule has 1 aromatic heterocycles. The van der Waals surface area contributed by atoms with E-state index in [1.54, 1.807) is 6.92 Å². The van der Waals surface area contributed by atoms with Crippen molar-refractivity contribution in [2.75, 3.05) is 5.75 Å². The van der Waals surface area contributed by atoms with Crippen LogP contribution in [0.15, 0.2) is 9.95 Å². The molecular weight excluding hydrogens is 214 g/mol. The van der Waals surface area contributed by atoms with Crippen LogP contribution < -0.4 is 11.3 Å². The van der Waals surface area contributed by atoms with Gasteiger partial charge in [0.15, 0.2) is 5.16 Å². The van der Waals surface area contributed by atoms with E-state index in [-0.39, 0.29) is 11.3 Å². The van der Waals surface area contributed by atoms with Gasteiger partial charge in [0.1, 0.15) is 0 Å². The number of nitrogens with zero attached hydrogens (tertiary/aromatic N) is 1. The summed E-state index contributed by atoms with van der Waals surface area (Å²) >= 11 is 1.13. The first-order chi connectivity index (χ1) is 7.04. The minimum absolute atomic E-state index is 0.119. The van der Waals surface area contributed by atoms with Crippen molar-refractivity contribution in [3.8, 4) is 0 Å². The second-order valence-corrected chi connectivity index (χ2v) is 4.01. The van der Waals surface area contributed by atoms with Crippen molar-refractivity contribution in [3.05, 3.63) is 21.6 Å². The van der Waals surface area contributed by atoms with Crippen molar-refractivity contribution in [2.24, 2.45) is 5.73 Å². The Balaban J connectivity index is 2.94. The van der Waals surface area contributed by atoms with Gasteiger partial charge in [0.05, 0.1) is 5.75 Å². The van der Waals surface area contributed by atoms with Crippen molar-refractivity contribution < 1.29 is 4.79 Å². The number of amides is 1. The molecule has 1 rings (SSSR count). The fourth-order valence-corrected chi connectivity index (χ4v) is 1.85. The van der Waals surface area contributed by atoms with Crippen molar-refractivity contribution in [3.63, 3.8) is 0 Å². The fraction of sp³-hybridized carbons (Fsp3) is 0.444. The number of aryl methyl sites for hydroxylation is 1. The van der Waals surface area contributed by atoms with Gasteiger partial charge in [0, 0.05) is 11.3 Å². The zero-order chi connectivity index (χ0) is 11.4. The average molecular weight is 227 g/mol. The molecule has 0 bridgehead atoms. The van der Waals surface area contributed by atoms with Gasteiger partial charge >= 0.3 is 0 Å². The van der Waals surface area contributed by atoms with Crippen molar-refractivity contribution >= 4 is 17.7 Å². The molecule has 1 amide bonds. The number of aromatic nitrogens is 2. The molecule has 6 heteroatoms. The van der Waals surface area contributed by atoms with Gasteiger partial charge < -0.3 is 10.7 Å². The maximum absolute atomic E-state index is 11.5. The zero-order valence-corrected chi connectivity index (χ0v) is 9.48. The summed E-state index contributed by atoms with van der Waals surface area (Å²) in [5.74, 6) is -0.312. The lowest BCUT2D eigenvalue weighted by atomic mass is 10.2. The van der Waals surface area contributed by atoms with Crippen molar-refractivity contribution in [2.45, 2.75) is 25.4 Å². The molecular formula is C9H13N3O2S. The van der Waals surface area contributed by atoms with Gasteiger partial charge in [-0.25, -0.2) is 4.98 Å². The molecule has 0 radical (unpaired) electrons. The third kappa shape index (κ3) is 3.09. The van der Waals surface area contributed by atoms with E-state index in [1.807, 2.05) is 6.92 Å². The van der Waals surface area contributed by atoms with Gasteiger partial charge in [-0.1, -0.05) is 18.7 Å². The summed E-state index contributed by atoms with van der Waals surface area (Å²) in [5, 5.41) is 0.438. The lowest BCUT2D eigenvalue weighted by Crippen LogP contribution is -2.18. The van der Waals surface area contributed by atoms with Gasteiger partial charge in [0.25, 0.3) is 5.56 Å². The Morgan fingerprint density at radius 2 is 2.27 bits per heavy atom. The van der Waals surface area contributed by atoms with Gasteiger partial charge in [-0.05, 0) is 13.3 Å². The minimum atomic E-state index is -0.431. The molecule has 15 heavy (non-hydrogen) atoms. The van der Waals surface area contributed by atoms with E-state index in [2.05, 4.69) is 9.97 Å². The number of hydrogen-bond acceptors (Lipinski definition) is 4. The molecule has 1 aromatic rings. The number of aromatic amines is 1. The summed E-state index contributed by atoms with van der Waals surface area (Å²) in [6.07, 6.45) is 0.648. The first-order valence-electron chi connectivity index (χ1n) is 4.55. The Kier molecular flexibility index (Phi) is 3.90. The summed E-state index contributed by atoms with van der Waals surface area (Å²) in [4.78, 5) is 28.8. The molecule has 0 atom stereocenters. The molecule has 0 aliphatic carbocycles. The van der Waals surface area contributed by atoms with Crippen LogP contribution >= 0.6 is 11.8 Å². The maximum atomic E-state index is 11.5. The average Bonchev–Trinajstić information content (AvgIpc) is 2.14. The summed E-state index contributed by atoms with van der Waals surface area (Å²) in [6, 6.07) is 0. The molecule has 3 N–H and O–H groups in total. The van der Waals surface area contributed by atoms with E-state index in [0.717, 1.165) is 11.8 Å². The van der Waals surface area contributed by atoms with Crippen LogP contribution in [0.25, 0.3) is 0 Å². The van der Waals surface area contributed by atoms with E-state index in [1.165, 1.54) is 0 Å². The van der Waals surface area contributed by atoms with Gasteiger partial charge in [-0.2, -0.15) is 0 Å². The van der Waals surface area contributed by atoms with Crippen LogP contribution in [-0.2, 0) is 11.2 Å². The number of nitrogens with two attached hydrogens (primary N) is 1. The highest BCUT2D eigenvalue weighted by atomic mass is 32.2. The molecule has 0 saturated heterocycles. The third-order valence-electron chi connectivity index (χ3n) is 1.91. The van der Waals surface area contributed by atoms with E-state index in [9.17, 15) is 9.59 Å². The van der Waals surface area contributed by atoms with Gasteiger partial charge in [0.2, 0.25) is 5.91 Å². The Morgan fingerprint density at radius 1 is 1.60 bits per heavy atom. The van der Waals surface area contributed by atoms with E-state index < -0.39 is 5.91 Å². The molecule has 0 fully saturated rings. The highest BCUT2D eigenvalue weighted by Gasteiger charge is 2.07. The van der Waals surface area contributed by atoms with Crippen LogP contribution in [0.4, 0.5) is 0 Å². The van der Waals surface area contributed by atoms with Crippen molar-refractivity contribution in [1.29, 1.82) is 0 Å². The first-order valence-corrected chi connectivity index (χ1v) is 5.54. The molecule has 0 aliphatic heterocycles. The molecule has 0 aromatic carbocycles. The van der Waals surface area contributed by atoms with Crippen LogP contribution in [0.5, 0.6) is 0 Å². The van der Waals surface area contributed by atoms with Crippen LogP contribution in [0, 0.1) is 6.92 Å². The summed E-state index contributed by atoms with van der Waals surface area (Å²) in [6.45, 7) is 3.68. The summed E-state index contributed by atoms with van der Waals surface area (Å²) in [7, 11) is 0. The molecule has 0 spiro atoms. The van der Waals surface area contributed by atoms with Gasteiger partial charge in [-0.3, -0.25) is 9.59 Å². The maximum Gasteiger partial charge on any atom is 0.254 e. The van der Waals surface area contributed by atoms with Crippen LogP contribution in [0.3, 0.4) is 0 Å². The quantitative estimate of drug-likeness (QED) is 0.568. The largest absolute Gasteiger partial charge is 0.369 e. The number of nitrogens with one attached hydrogen (secondary N) is 1. The Morgan fingerprint density at radius 3 is 2.73 bits per heavy atom. The third-order valence-corrected chi connectivity index (χ3v) is 2.80. The minimum Gasteiger partial charge on any atom is -0.369 e. The number of carbonyl (C=O) groups excluding carboxylic acids is 1. The fourth-order valence-electron chi connectivity index (χ4n) is 1.21. The van der Waals surface area contributed by atoms with Crippen LogP contribution in [0.1, 0.15) is 18.2 Å². The van der Waals surface area contributed by atoms with Gasteiger partial charge in [-0.15, -0.1) is 0 Å². The topological polar surface area (TPSA) is 88.8 Å². The number of thioether (sulfide) groups is 1. The predicted octanol–water partition coefficient (Wildman–Crippen LogP) is 0.218. The smallest absolute Gasteiger partial charge is 0.254 e. The van der Waals surface area contributed by atoms with E-state index in [4.69, 9.17) is 5.73 Å². The highest BCUT2D eigenvalue weighted by molar-refractivity contribution is 7.99. The summed E-state index contributed by atoms with van der Waals surface area (Å²) in [5.41, 5.74) is 6.23. The van der Waals surface area contributed by atoms with Crippen LogP contribution in [-0.4, -0.2) is 21.6 Å². The molecule has 5 nitrogen and oxygen atoms in total. The second-order valence-electron chi connectivity index (χ2n) is 3.04. The molecule has 0 saturated carbocycles. The lowest BCUT2D eigenvalue weighted by Gasteiger charge is -2.03. The molecule has 1 heterocycles. The number of H-pyrrole nitrogens is 1. The SMILES string of the molecule is CCc1c(C)nc(SCC(N)=O)[nH]c1=O. The van der Waals surface area contributed by atoms with E-state index in [0.29, 0.717) is 22.8 Å². The number of carbonyl (C=O) groups is 1. The monoisotopic (exact) mass is 227 g/mol. The standard InChI is InChI=1S/C9H13N3O2S/c1-3-6-5(2)11-9(12-8(6)14)15-4-7(10)13/h3-4H2,1-2H3,(H2,10,13)(H,11,12,14). The number of rotatable bonds is 4. The predicted molar refractivity (Wildman–Crippen MR) is 58.9 cm³/mol. The zero-order valence-electron chi connectivity index (χ0n) is 8.66. The lowest BCUT2D eigenvalue weighted by molar-refractivity contribution is -0.115. The molecule has 82 valence electrons. The Hall–Kier alpha value is -1.30. The Labute approximate surface area is 91.5 Å². The van der Waals surface area contributed by atoms with Crippen molar-refractivity contribution in [1.82, 2.24) is 9.97 Å². The van der Waals surface area contributed by atoms with E-state index >= 15 is 0 Å². The van der Waals surface area contributed by atoms with Crippen LogP contribution in [0.2, 0.25) is 0 Å². The molecule has 0 unspecified atom stereocenters. The highest BCUT2D eigenvalue weighted by Crippen LogP contribution is 2.11. The number of primary amides is 1. The number of hydrogen-bond donors (Lipinski definition) is 2.